The Hall–Kier alpha value is -3.25. The van der Waals surface area contributed by atoms with Gasteiger partial charge in [0.25, 0.3) is 5.91 Å². The van der Waals surface area contributed by atoms with Crippen LogP contribution in [0.25, 0.3) is 11.1 Å². The lowest BCUT2D eigenvalue weighted by Gasteiger charge is -2.39. The Balaban J connectivity index is 1.32. The zero-order valence-corrected chi connectivity index (χ0v) is 19.9. The first-order chi connectivity index (χ1) is 16.4. The van der Waals surface area contributed by atoms with Crippen molar-refractivity contribution in [2.75, 3.05) is 24.5 Å². The molecule has 1 N–H and O–H groups in total. The summed E-state index contributed by atoms with van der Waals surface area (Å²) in [5, 5.41) is 10.4. The Kier molecular flexibility index (Phi) is 6.09. The predicted octanol–water partition coefficient (Wildman–Crippen LogP) is 4.33. The van der Waals surface area contributed by atoms with Gasteiger partial charge in [0.1, 0.15) is 12.1 Å². The molecule has 6 nitrogen and oxygen atoms in total. The zero-order chi connectivity index (χ0) is 23.7. The second kappa shape index (κ2) is 9.18. The molecule has 3 aromatic rings. The molecule has 2 aliphatic heterocycles. The number of carbonyl (C=O) groups excluding carboxylic acids is 1. The van der Waals surface area contributed by atoms with Crippen LogP contribution in [-0.2, 0) is 13.0 Å². The van der Waals surface area contributed by atoms with Crippen LogP contribution in [0.1, 0.15) is 48.3 Å². The molecule has 0 saturated carbocycles. The van der Waals surface area contributed by atoms with E-state index in [1.54, 1.807) is 6.33 Å². The van der Waals surface area contributed by atoms with Gasteiger partial charge in [0.15, 0.2) is 0 Å². The number of piperidine rings is 1. The quantitative estimate of drug-likeness (QED) is 0.633. The third-order valence-electron chi connectivity index (χ3n) is 7.30. The molecule has 0 aliphatic carbocycles. The SMILES string of the molecule is CC(C)(O)C1CCN(c2ncnc3c2CN(C(=O)c2ccc(-c4ccccc4)cc2)CC3)CC1. The highest BCUT2D eigenvalue weighted by Crippen LogP contribution is 2.33. The summed E-state index contributed by atoms with van der Waals surface area (Å²) in [6, 6.07) is 18.1. The van der Waals surface area contributed by atoms with E-state index >= 15 is 0 Å². The predicted molar refractivity (Wildman–Crippen MR) is 134 cm³/mol. The van der Waals surface area contributed by atoms with Gasteiger partial charge in [-0.2, -0.15) is 0 Å². The van der Waals surface area contributed by atoms with Crippen LogP contribution in [0.2, 0.25) is 0 Å². The maximum atomic E-state index is 13.3. The lowest BCUT2D eigenvalue weighted by molar-refractivity contribution is 0.00641. The van der Waals surface area contributed by atoms with Crippen LogP contribution in [-0.4, -0.2) is 51.1 Å². The molecule has 1 aromatic heterocycles. The van der Waals surface area contributed by atoms with Crippen molar-refractivity contribution in [2.24, 2.45) is 5.92 Å². The third kappa shape index (κ3) is 4.55. The van der Waals surface area contributed by atoms with Gasteiger partial charge in [-0.05, 0) is 55.9 Å². The van der Waals surface area contributed by atoms with Crippen LogP contribution in [0.15, 0.2) is 60.9 Å². The minimum absolute atomic E-state index is 0.0424. The summed E-state index contributed by atoms with van der Waals surface area (Å²) >= 11 is 0. The summed E-state index contributed by atoms with van der Waals surface area (Å²) in [7, 11) is 0. The number of nitrogens with zero attached hydrogens (tertiary/aromatic N) is 4. The average molecular weight is 457 g/mol. The molecule has 1 amide bonds. The normalized spacial score (nSPS) is 16.9. The maximum absolute atomic E-state index is 13.3. The van der Waals surface area contributed by atoms with Crippen LogP contribution in [0, 0.1) is 5.92 Å². The highest BCUT2D eigenvalue weighted by molar-refractivity contribution is 5.95. The van der Waals surface area contributed by atoms with Gasteiger partial charge in [-0.15, -0.1) is 0 Å². The number of amides is 1. The Bertz CT molecular complexity index is 1150. The van der Waals surface area contributed by atoms with Crippen molar-refractivity contribution in [2.45, 2.75) is 45.3 Å². The molecule has 2 aromatic carbocycles. The van der Waals surface area contributed by atoms with Crippen molar-refractivity contribution < 1.29 is 9.90 Å². The molecular weight excluding hydrogens is 424 g/mol. The molecule has 0 bridgehead atoms. The summed E-state index contributed by atoms with van der Waals surface area (Å²) < 4.78 is 0. The fraction of sp³-hybridized carbons (Fsp3) is 0.393. The van der Waals surface area contributed by atoms with Gasteiger partial charge in [-0.1, -0.05) is 42.5 Å². The maximum Gasteiger partial charge on any atom is 0.254 e. The Labute approximate surface area is 201 Å². The van der Waals surface area contributed by atoms with E-state index in [1.807, 2.05) is 61.2 Å². The fourth-order valence-electron chi connectivity index (χ4n) is 5.19. The van der Waals surface area contributed by atoms with Crippen LogP contribution in [0.4, 0.5) is 5.82 Å². The van der Waals surface area contributed by atoms with Gasteiger partial charge >= 0.3 is 0 Å². The van der Waals surface area contributed by atoms with Crippen molar-refractivity contribution >= 4 is 11.7 Å². The first kappa shape index (κ1) is 22.5. The lowest BCUT2D eigenvalue weighted by Crippen LogP contribution is -2.43. The largest absolute Gasteiger partial charge is 0.390 e. The zero-order valence-electron chi connectivity index (χ0n) is 19.9. The summed E-state index contributed by atoms with van der Waals surface area (Å²) in [4.78, 5) is 26.7. The third-order valence-corrected chi connectivity index (χ3v) is 7.30. The highest BCUT2D eigenvalue weighted by atomic mass is 16.3. The molecule has 176 valence electrons. The molecule has 2 aliphatic rings. The Morgan fingerprint density at radius 2 is 1.62 bits per heavy atom. The summed E-state index contributed by atoms with van der Waals surface area (Å²) in [5.74, 6) is 1.27. The monoisotopic (exact) mass is 456 g/mol. The fourth-order valence-corrected chi connectivity index (χ4v) is 5.19. The number of carbonyl (C=O) groups is 1. The van der Waals surface area contributed by atoms with Gasteiger partial charge in [0, 0.05) is 37.2 Å². The second-order valence-corrected chi connectivity index (χ2v) is 9.96. The number of aliphatic hydroxyl groups is 1. The van der Waals surface area contributed by atoms with Crippen LogP contribution in [0.5, 0.6) is 0 Å². The minimum atomic E-state index is -0.656. The van der Waals surface area contributed by atoms with Crippen LogP contribution < -0.4 is 4.90 Å². The molecule has 3 heterocycles. The summed E-state index contributed by atoms with van der Waals surface area (Å²) in [5.41, 5.74) is 4.39. The molecule has 1 saturated heterocycles. The van der Waals surface area contributed by atoms with Crippen molar-refractivity contribution in [3.63, 3.8) is 0 Å². The molecule has 0 unspecified atom stereocenters. The first-order valence-electron chi connectivity index (χ1n) is 12.1. The smallest absolute Gasteiger partial charge is 0.254 e. The number of aromatic nitrogens is 2. The molecule has 34 heavy (non-hydrogen) atoms. The highest BCUT2D eigenvalue weighted by Gasteiger charge is 2.33. The van der Waals surface area contributed by atoms with E-state index in [2.05, 4.69) is 27.0 Å². The standard InChI is InChI=1S/C28H32N4O2/c1-28(2,34)23-12-15-31(16-13-23)26-24-18-32(17-14-25(24)29-19-30-26)27(33)22-10-8-21(9-11-22)20-6-4-3-5-7-20/h3-11,19,23,34H,12-18H2,1-2H3. The van der Waals surface area contributed by atoms with E-state index in [4.69, 9.17) is 0 Å². The summed E-state index contributed by atoms with van der Waals surface area (Å²) in [6.07, 6.45) is 4.24. The van der Waals surface area contributed by atoms with Gasteiger partial charge in [-0.25, -0.2) is 9.97 Å². The van der Waals surface area contributed by atoms with Gasteiger partial charge in [0.2, 0.25) is 0 Å². The Morgan fingerprint density at radius 1 is 0.941 bits per heavy atom. The number of hydrogen-bond acceptors (Lipinski definition) is 5. The number of fused-ring (bicyclic) bond motifs is 1. The lowest BCUT2D eigenvalue weighted by atomic mass is 9.83. The van der Waals surface area contributed by atoms with E-state index in [-0.39, 0.29) is 5.91 Å². The minimum Gasteiger partial charge on any atom is -0.390 e. The molecule has 6 heteroatoms. The molecule has 0 radical (unpaired) electrons. The first-order valence-corrected chi connectivity index (χ1v) is 12.1. The second-order valence-electron chi connectivity index (χ2n) is 9.96. The average Bonchev–Trinajstić information content (AvgIpc) is 2.88. The van der Waals surface area contributed by atoms with Crippen molar-refractivity contribution in [1.29, 1.82) is 0 Å². The topological polar surface area (TPSA) is 69.6 Å². The number of rotatable bonds is 4. The van der Waals surface area contributed by atoms with E-state index in [9.17, 15) is 9.90 Å². The van der Waals surface area contributed by atoms with Crippen molar-refractivity contribution in [1.82, 2.24) is 14.9 Å². The number of hydrogen-bond donors (Lipinski definition) is 1. The van der Waals surface area contributed by atoms with Crippen molar-refractivity contribution in [3.8, 4) is 11.1 Å². The molecule has 0 atom stereocenters. The molecule has 0 spiro atoms. The van der Waals surface area contributed by atoms with E-state index in [0.717, 1.165) is 60.6 Å². The summed E-state index contributed by atoms with van der Waals surface area (Å²) in [6.45, 7) is 6.69. The van der Waals surface area contributed by atoms with Crippen LogP contribution in [0.3, 0.4) is 0 Å². The molecule has 5 rings (SSSR count). The van der Waals surface area contributed by atoms with E-state index < -0.39 is 5.60 Å². The van der Waals surface area contributed by atoms with Crippen molar-refractivity contribution in [3.05, 3.63) is 77.7 Å². The van der Waals surface area contributed by atoms with Gasteiger partial charge < -0.3 is 14.9 Å². The van der Waals surface area contributed by atoms with Gasteiger partial charge in [-0.3, -0.25) is 4.79 Å². The van der Waals surface area contributed by atoms with E-state index in [0.29, 0.717) is 24.6 Å². The van der Waals surface area contributed by atoms with Gasteiger partial charge in [0.05, 0.1) is 17.8 Å². The number of anilines is 1. The molecule has 1 fully saturated rings. The molecular formula is C28H32N4O2. The number of benzene rings is 2. The Morgan fingerprint density at radius 3 is 2.29 bits per heavy atom. The van der Waals surface area contributed by atoms with Crippen LogP contribution >= 0.6 is 0 Å². The van der Waals surface area contributed by atoms with E-state index in [1.165, 1.54) is 0 Å².